The van der Waals surface area contributed by atoms with Crippen LogP contribution in [0.5, 0.6) is 0 Å². The summed E-state index contributed by atoms with van der Waals surface area (Å²) in [7, 11) is 0. The minimum absolute atomic E-state index is 0.865. The van der Waals surface area contributed by atoms with E-state index in [9.17, 15) is 0 Å². The summed E-state index contributed by atoms with van der Waals surface area (Å²) in [6, 6.07) is 1.87. The van der Waals surface area contributed by atoms with Gasteiger partial charge in [0.05, 0.1) is 0 Å². The summed E-state index contributed by atoms with van der Waals surface area (Å²) < 4.78 is 0. The summed E-state index contributed by atoms with van der Waals surface area (Å²) in [5, 5.41) is 0. The molecule has 0 amide bonds. The van der Waals surface area contributed by atoms with Crippen LogP contribution in [0.2, 0.25) is 0 Å². The van der Waals surface area contributed by atoms with Gasteiger partial charge in [-0.1, -0.05) is 26.7 Å². The highest BCUT2D eigenvalue weighted by molar-refractivity contribution is 5.29. The van der Waals surface area contributed by atoms with Gasteiger partial charge in [-0.05, 0) is 18.4 Å². The lowest BCUT2D eigenvalue weighted by atomic mass is 10.00. The zero-order chi connectivity index (χ0) is 13.5. The van der Waals surface area contributed by atoms with Gasteiger partial charge in [-0.3, -0.25) is 4.90 Å². The lowest BCUT2D eigenvalue weighted by molar-refractivity contribution is 0.208. The van der Waals surface area contributed by atoms with Gasteiger partial charge in [-0.2, -0.15) is 0 Å². The van der Waals surface area contributed by atoms with E-state index in [0.29, 0.717) is 0 Å². The monoisotopic (exact) mass is 262 g/mol. The Hall–Kier alpha value is -1.16. The van der Waals surface area contributed by atoms with E-state index in [-0.39, 0.29) is 0 Å². The van der Waals surface area contributed by atoms with Crippen molar-refractivity contribution in [2.45, 2.75) is 33.1 Å². The van der Waals surface area contributed by atoms with E-state index in [1.54, 1.807) is 0 Å². The summed E-state index contributed by atoms with van der Waals surface area (Å²) in [4.78, 5) is 13.6. The van der Waals surface area contributed by atoms with E-state index in [1.165, 1.54) is 25.8 Å². The molecule has 0 spiro atoms. The first-order valence-corrected chi connectivity index (χ1v) is 7.57. The van der Waals surface area contributed by atoms with Crippen molar-refractivity contribution in [3.8, 4) is 0 Å². The number of anilines is 1. The predicted octanol–water partition coefficient (Wildman–Crippen LogP) is 2.42. The lowest BCUT2D eigenvalue weighted by Crippen LogP contribution is -2.48. The van der Waals surface area contributed by atoms with E-state index in [1.807, 2.05) is 18.5 Å². The first kappa shape index (κ1) is 14.3. The van der Waals surface area contributed by atoms with Gasteiger partial charge in [0, 0.05) is 45.1 Å². The molecule has 1 aromatic heterocycles. The molecular formula is C15H26N4. The Morgan fingerprint density at radius 3 is 2.37 bits per heavy atom. The standard InChI is InChI=1S/C15H26N4/c1-3-6-14(4-2)13-18-9-11-19(12-10-18)15-16-7-5-8-17-15/h5,7-8,14H,3-4,6,9-13H2,1-2H3. The van der Waals surface area contributed by atoms with Crippen LogP contribution in [-0.2, 0) is 0 Å². The molecule has 1 aromatic rings. The third-order valence-corrected chi connectivity index (χ3v) is 4.00. The number of rotatable bonds is 6. The minimum atomic E-state index is 0.865. The van der Waals surface area contributed by atoms with Crippen molar-refractivity contribution in [3.05, 3.63) is 18.5 Å². The van der Waals surface area contributed by atoms with Crippen molar-refractivity contribution < 1.29 is 0 Å². The van der Waals surface area contributed by atoms with Crippen LogP contribution < -0.4 is 4.90 Å². The van der Waals surface area contributed by atoms with E-state index in [2.05, 4.69) is 33.6 Å². The molecule has 1 fully saturated rings. The number of nitrogens with zero attached hydrogens (tertiary/aromatic N) is 4. The Balaban J connectivity index is 1.79. The SMILES string of the molecule is CCCC(CC)CN1CCN(c2ncccn2)CC1. The van der Waals surface area contributed by atoms with Gasteiger partial charge in [-0.15, -0.1) is 0 Å². The van der Waals surface area contributed by atoms with Crippen LogP contribution in [0, 0.1) is 5.92 Å². The second kappa shape index (κ2) is 7.43. The van der Waals surface area contributed by atoms with Crippen molar-refractivity contribution in [1.29, 1.82) is 0 Å². The Kier molecular flexibility index (Phi) is 5.58. The van der Waals surface area contributed by atoms with Gasteiger partial charge in [-0.25, -0.2) is 9.97 Å². The molecule has 0 bridgehead atoms. The molecule has 0 aromatic carbocycles. The number of hydrogen-bond donors (Lipinski definition) is 0. The van der Waals surface area contributed by atoms with E-state index in [0.717, 1.165) is 38.0 Å². The Bertz CT molecular complexity index is 346. The fourth-order valence-electron chi connectivity index (χ4n) is 2.78. The topological polar surface area (TPSA) is 32.3 Å². The van der Waals surface area contributed by atoms with Gasteiger partial charge in [0.2, 0.25) is 5.95 Å². The molecule has 1 atom stereocenters. The maximum absolute atomic E-state index is 4.33. The summed E-state index contributed by atoms with van der Waals surface area (Å²) in [5.41, 5.74) is 0. The molecule has 1 saturated heterocycles. The zero-order valence-electron chi connectivity index (χ0n) is 12.3. The molecule has 1 unspecified atom stereocenters. The molecule has 0 N–H and O–H groups in total. The Morgan fingerprint density at radius 2 is 1.79 bits per heavy atom. The highest BCUT2D eigenvalue weighted by Gasteiger charge is 2.20. The normalized spacial score (nSPS) is 18.5. The van der Waals surface area contributed by atoms with E-state index in [4.69, 9.17) is 0 Å². The third kappa shape index (κ3) is 4.16. The van der Waals surface area contributed by atoms with Crippen molar-refractivity contribution in [3.63, 3.8) is 0 Å². The maximum Gasteiger partial charge on any atom is 0.225 e. The molecule has 1 aliphatic heterocycles. The predicted molar refractivity (Wildman–Crippen MR) is 79.4 cm³/mol. The second-order valence-electron chi connectivity index (χ2n) is 5.40. The van der Waals surface area contributed by atoms with Crippen molar-refractivity contribution >= 4 is 5.95 Å². The van der Waals surface area contributed by atoms with Gasteiger partial charge in [0.25, 0.3) is 0 Å². The zero-order valence-corrected chi connectivity index (χ0v) is 12.3. The molecular weight excluding hydrogens is 236 g/mol. The van der Waals surface area contributed by atoms with Crippen LogP contribution in [0.25, 0.3) is 0 Å². The van der Waals surface area contributed by atoms with Crippen molar-refractivity contribution in [1.82, 2.24) is 14.9 Å². The lowest BCUT2D eigenvalue weighted by Gasteiger charge is -2.36. The molecule has 2 rings (SSSR count). The first-order valence-electron chi connectivity index (χ1n) is 7.57. The number of hydrogen-bond acceptors (Lipinski definition) is 4. The van der Waals surface area contributed by atoms with Gasteiger partial charge >= 0.3 is 0 Å². The van der Waals surface area contributed by atoms with Crippen LogP contribution >= 0.6 is 0 Å². The molecule has 106 valence electrons. The fourth-order valence-corrected chi connectivity index (χ4v) is 2.78. The molecule has 0 aliphatic carbocycles. The molecule has 2 heterocycles. The van der Waals surface area contributed by atoms with Crippen molar-refractivity contribution in [2.75, 3.05) is 37.6 Å². The molecule has 0 saturated carbocycles. The molecule has 4 heteroatoms. The smallest absolute Gasteiger partial charge is 0.225 e. The summed E-state index contributed by atoms with van der Waals surface area (Å²) in [6.45, 7) is 10.2. The number of aromatic nitrogens is 2. The largest absolute Gasteiger partial charge is 0.338 e. The third-order valence-electron chi connectivity index (χ3n) is 4.00. The van der Waals surface area contributed by atoms with Crippen LogP contribution in [0.3, 0.4) is 0 Å². The highest BCUT2D eigenvalue weighted by Crippen LogP contribution is 2.15. The van der Waals surface area contributed by atoms with Gasteiger partial charge in [0.1, 0.15) is 0 Å². The molecule has 4 nitrogen and oxygen atoms in total. The second-order valence-corrected chi connectivity index (χ2v) is 5.40. The average Bonchev–Trinajstić information content (AvgIpc) is 2.48. The Morgan fingerprint density at radius 1 is 1.11 bits per heavy atom. The van der Waals surface area contributed by atoms with E-state index < -0.39 is 0 Å². The molecule has 0 radical (unpaired) electrons. The van der Waals surface area contributed by atoms with Gasteiger partial charge in [0.15, 0.2) is 0 Å². The molecule has 19 heavy (non-hydrogen) atoms. The number of piperazine rings is 1. The van der Waals surface area contributed by atoms with Crippen LogP contribution in [0.4, 0.5) is 5.95 Å². The summed E-state index contributed by atoms with van der Waals surface area (Å²) >= 11 is 0. The molecule has 1 aliphatic rings. The summed E-state index contributed by atoms with van der Waals surface area (Å²) in [5.74, 6) is 1.74. The minimum Gasteiger partial charge on any atom is -0.338 e. The van der Waals surface area contributed by atoms with Gasteiger partial charge < -0.3 is 4.90 Å². The van der Waals surface area contributed by atoms with Crippen molar-refractivity contribution in [2.24, 2.45) is 5.92 Å². The average molecular weight is 262 g/mol. The van der Waals surface area contributed by atoms with Crippen LogP contribution in [-0.4, -0.2) is 47.6 Å². The maximum atomic E-state index is 4.33. The van der Waals surface area contributed by atoms with Crippen LogP contribution in [0.15, 0.2) is 18.5 Å². The quantitative estimate of drug-likeness (QED) is 0.788. The Labute approximate surface area is 116 Å². The summed E-state index contributed by atoms with van der Waals surface area (Å²) in [6.07, 6.45) is 7.61. The highest BCUT2D eigenvalue weighted by atomic mass is 15.3. The fraction of sp³-hybridized carbons (Fsp3) is 0.733. The van der Waals surface area contributed by atoms with Crippen LogP contribution in [0.1, 0.15) is 33.1 Å². The van der Waals surface area contributed by atoms with E-state index >= 15 is 0 Å². The first-order chi connectivity index (χ1) is 9.33.